The lowest BCUT2D eigenvalue weighted by Gasteiger charge is -2.12. The number of nitrogens with one attached hydrogen (secondary N) is 1. The van der Waals surface area contributed by atoms with Crippen LogP contribution in [-0.4, -0.2) is 26.2 Å². The van der Waals surface area contributed by atoms with Crippen molar-refractivity contribution in [2.45, 2.75) is 18.4 Å². The number of ether oxygens (including phenoxy) is 2. The zero-order valence-corrected chi connectivity index (χ0v) is 13.8. The largest absolute Gasteiger partial charge is 0.496 e. The van der Waals surface area contributed by atoms with Gasteiger partial charge in [0.2, 0.25) is 0 Å². The minimum Gasteiger partial charge on any atom is -0.496 e. The minimum atomic E-state index is -0.185. The molecule has 0 bridgehead atoms. The molecule has 4 nitrogen and oxygen atoms in total. The minimum absolute atomic E-state index is 0.149. The quantitative estimate of drug-likeness (QED) is 0.910. The second kappa shape index (κ2) is 6.50. The van der Waals surface area contributed by atoms with Crippen molar-refractivity contribution < 1.29 is 14.3 Å². The standard InChI is InChI=1S/C18H18ClNO3/c1-22-16-10-17(23-2)14(19)8-13(16)18(21)20-15-9-12(15)11-6-4-3-5-7-11/h3-8,10,12,15H,9H2,1-2H3,(H,20,21). The van der Waals surface area contributed by atoms with Gasteiger partial charge < -0.3 is 14.8 Å². The lowest BCUT2D eigenvalue weighted by atomic mass is 10.1. The molecule has 2 aromatic rings. The number of amides is 1. The molecule has 0 heterocycles. The smallest absolute Gasteiger partial charge is 0.255 e. The lowest BCUT2D eigenvalue weighted by molar-refractivity contribution is 0.0947. The van der Waals surface area contributed by atoms with Gasteiger partial charge in [-0.05, 0) is 18.1 Å². The highest BCUT2D eigenvalue weighted by atomic mass is 35.5. The maximum Gasteiger partial charge on any atom is 0.255 e. The molecule has 1 aliphatic carbocycles. The Hall–Kier alpha value is -2.20. The van der Waals surface area contributed by atoms with Crippen molar-refractivity contribution in [3.05, 3.63) is 58.6 Å². The van der Waals surface area contributed by atoms with Gasteiger partial charge in [0, 0.05) is 18.0 Å². The summed E-state index contributed by atoms with van der Waals surface area (Å²) in [6, 6.07) is 13.5. The molecule has 1 N–H and O–H groups in total. The van der Waals surface area contributed by atoms with E-state index < -0.39 is 0 Å². The average Bonchev–Trinajstić information content (AvgIpc) is 3.34. The highest BCUT2D eigenvalue weighted by molar-refractivity contribution is 6.32. The molecule has 3 rings (SSSR count). The van der Waals surface area contributed by atoms with E-state index in [1.54, 1.807) is 12.1 Å². The SMILES string of the molecule is COc1cc(OC)c(C(=O)NC2CC2c2ccccc2)cc1Cl. The molecule has 0 aliphatic heterocycles. The highest BCUT2D eigenvalue weighted by Crippen LogP contribution is 2.41. The molecule has 1 fully saturated rings. The number of methoxy groups -OCH3 is 2. The van der Waals surface area contributed by atoms with Crippen LogP contribution < -0.4 is 14.8 Å². The van der Waals surface area contributed by atoms with Crippen molar-refractivity contribution in [3.63, 3.8) is 0 Å². The maximum absolute atomic E-state index is 12.5. The molecule has 0 aromatic heterocycles. The molecule has 0 radical (unpaired) electrons. The molecule has 0 saturated heterocycles. The Kier molecular flexibility index (Phi) is 4.44. The van der Waals surface area contributed by atoms with Crippen LogP contribution in [0.3, 0.4) is 0 Å². The molecule has 0 spiro atoms. The second-order valence-corrected chi connectivity index (χ2v) is 5.93. The fourth-order valence-corrected chi connectivity index (χ4v) is 2.95. The van der Waals surface area contributed by atoms with E-state index in [1.807, 2.05) is 18.2 Å². The van der Waals surface area contributed by atoms with Crippen molar-refractivity contribution in [1.82, 2.24) is 5.32 Å². The molecule has 1 saturated carbocycles. The monoisotopic (exact) mass is 331 g/mol. The molecular weight excluding hydrogens is 314 g/mol. The number of carbonyl (C=O) groups is 1. The third-order valence-electron chi connectivity index (χ3n) is 4.05. The van der Waals surface area contributed by atoms with Crippen molar-refractivity contribution in [1.29, 1.82) is 0 Å². The van der Waals surface area contributed by atoms with E-state index in [0.29, 0.717) is 28.0 Å². The summed E-state index contributed by atoms with van der Waals surface area (Å²) in [6.07, 6.45) is 0.946. The Labute approximate surface area is 140 Å². The molecule has 23 heavy (non-hydrogen) atoms. The number of rotatable bonds is 5. The van der Waals surface area contributed by atoms with Crippen LogP contribution in [0.15, 0.2) is 42.5 Å². The van der Waals surface area contributed by atoms with Gasteiger partial charge in [-0.3, -0.25) is 4.79 Å². The number of hydrogen-bond acceptors (Lipinski definition) is 3. The Balaban J connectivity index is 1.73. The number of benzene rings is 2. The van der Waals surface area contributed by atoms with Crippen LogP contribution in [-0.2, 0) is 0 Å². The fourth-order valence-electron chi connectivity index (χ4n) is 2.71. The number of halogens is 1. The summed E-state index contributed by atoms with van der Waals surface area (Å²) >= 11 is 6.12. The first-order chi connectivity index (χ1) is 11.1. The summed E-state index contributed by atoms with van der Waals surface area (Å²) in [6.45, 7) is 0. The van der Waals surface area contributed by atoms with Crippen molar-refractivity contribution in [3.8, 4) is 11.5 Å². The van der Waals surface area contributed by atoms with Gasteiger partial charge in [-0.25, -0.2) is 0 Å². The fraction of sp³-hybridized carbons (Fsp3) is 0.278. The van der Waals surface area contributed by atoms with E-state index in [1.165, 1.54) is 19.8 Å². The van der Waals surface area contributed by atoms with Gasteiger partial charge in [-0.2, -0.15) is 0 Å². The van der Waals surface area contributed by atoms with E-state index >= 15 is 0 Å². The Bertz CT molecular complexity index is 718. The summed E-state index contributed by atoms with van der Waals surface area (Å²) in [4.78, 5) is 12.5. The van der Waals surface area contributed by atoms with Crippen LogP contribution in [0, 0.1) is 0 Å². The average molecular weight is 332 g/mol. The van der Waals surface area contributed by atoms with Crippen molar-refractivity contribution in [2.75, 3.05) is 14.2 Å². The van der Waals surface area contributed by atoms with Crippen LogP contribution in [0.25, 0.3) is 0 Å². The Morgan fingerprint density at radius 1 is 1.13 bits per heavy atom. The lowest BCUT2D eigenvalue weighted by Crippen LogP contribution is -2.27. The molecule has 2 unspecified atom stereocenters. The Morgan fingerprint density at radius 3 is 2.48 bits per heavy atom. The van der Waals surface area contributed by atoms with E-state index in [2.05, 4.69) is 17.4 Å². The van der Waals surface area contributed by atoms with Gasteiger partial charge in [0.25, 0.3) is 5.91 Å². The molecule has 120 valence electrons. The normalized spacial score (nSPS) is 19.1. The van der Waals surface area contributed by atoms with Crippen LogP contribution in [0.2, 0.25) is 5.02 Å². The predicted octanol–water partition coefficient (Wildman–Crippen LogP) is 3.64. The van der Waals surface area contributed by atoms with Gasteiger partial charge in [0.05, 0.1) is 24.8 Å². The third-order valence-corrected chi connectivity index (χ3v) is 4.35. The topological polar surface area (TPSA) is 47.6 Å². The van der Waals surface area contributed by atoms with Gasteiger partial charge in [0.1, 0.15) is 11.5 Å². The number of carbonyl (C=O) groups excluding carboxylic acids is 1. The first-order valence-corrected chi connectivity index (χ1v) is 7.79. The summed E-state index contributed by atoms with van der Waals surface area (Å²) in [5.74, 6) is 1.11. The highest BCUT2D eigenvalue weighted by Gasteiger charge is 2.39. The van der Waals surface area contributed by atoms with E-state index in [4.69, 9.17) is 21.1 Å². The summed E-state index contributed by atoms with van der Waals surface area (Å²) in [7, 11) is 3.04. The molecule has 1 aliphatic rings. The van der Waals surface area contributed by atoms with Crippen LogP contribution in [0.1, 0.15) is 28.3 Å². The summed E-state index contributed by atoms with van der Waals surface area (Å²) in [5.41, 5.74) is 1.66. The van der Waals surface area contributed by atoms with Crippen molar-refractivity contribution >= 4 is 17.5 Å². The maximum atomic E-state index is 12.5. The molecule has 1 amide bonds. The zero-order valence-electron chi connectivity index (χ0n) is 13.0. The van der Waals surface area contributed by atoms with E-state index in [-0.39, 0.29) is 11.9 Å². The van der Waals surface area contributed by atoms with Gasteiger partial charge >= 0.3 is 0 Å². The van der Waals surface area contributed by atoms with Crippen LogP contribution >= 0.6 is 11.6 Å². The summed E-state index contributed by atoms with van der Waals surface area (Å²) < 4.78 is 10.4. The van der Waals surface area contributed by atoms with E-state index in [9.17, 15) is 4.79 Å². The van der Waals surface area contributed by atoms with Crippen LogP contribution in [0.4, 0.5) is 0 Å². The molecule has 2 atom stereocenters. The molecule has 5 heteroatoms. The first kappa shape index (κ1) is 15.7. The first-order valence-electron chi connectivity index (χ1n) is 7.41. The molecule has 2 aromatic carbocycles. The van der Waals surface area contributed by atoms with E-state index in [0.717, 1.165) is 6.42 Å². The van der Waals surface area contributed by atoms with Gasteiger partial charge in [-0.1, -0.05) is 41.9 Å². The summed E-state index contributed by atoms with van der Waals surface area (Å²) in [5, 5.41) is 3.42. The molecular formula is C18H18ClNO3. The zero-order chi connectivity index (χ0) is 16.4. The third kappa shape index (κ3) is 3.27. The van der Waals surface area contributed by atoms with Crippen molar-refractivity contribution in [2.24, 2.45) is 0 Å². The van der Waals surface area contributed by atoms with Gasteiger partial charge in [-0.15, -0.1) is 0 Å². The Morgan fingerprint density at radius 2 is 1.83 bits per heavy atom. The predicted molar refractivity (Wildman–Crippen MR) is 89.6 cm³/mol. The van der Waals surface area contributed by atoms with Gasteiger partial charge in [0.15, 0.2) is 0 Å². The number of hydrogen-bond donors (Lipinski definition) is 1. The van der Waals surface area contributed by atoms with Crippen LogP contribution in [0.5, 0.6) is 11.5 Å². The second-order valence-electron chi connectivity index (χ2n) is 5.52.